The van der Waals surface area contributed by atoms with Crippen LogP contribution in [-0.4, -0.2) is 15.1 Å². The fraction of sp³-hybridized carbons (Fsp3) is 0.0833. The number of nitrogens with zero attached hydrogens (tertiary/aromatic N) is 3. The lowest BCUT2D eigenvalue weighted by Crippen LogP contribution is -1.85. The van der Waals surface area contributed by atoms with Gasteiger partial charge in [0, 0.05) is 11.6 Å². The van der Waals surface area contributed by atoms with Crippen molar-refractivity contribution in [3.63, 3.8) is 0 Å². The smallest absolute Gasteiger partial charge is 0.258 e. The molecule has 0 fully saturated rings. The maximum Gasteiger partial charge on any atom is 0.258 e. The van der Waals surface area contributed by atoms with Gasteiger partial charge in [0.25, 0.3) is 5.89 Å². The first kappa shape index (κ1) is 11.4. The molecular weight excluding hydrogens is 266 g/mol. The van der Waals surface area contributed by atoms with Crippen LogP contribution in [0.3, 0.4) is 0 Å². The van der Waals surface area contributed by atoms with Crippen molar-refractivity contribution in [2.24, 2.45) is 0 Å². The minimum Gasteiger partial charge on any atom is -0.334 e. The van der Waals surface area contributed by atoms with Gasteiger partial charge in [-0.2, -0.15) is 16.3 Å². The van der Waals surface area contributed by atoms with E-state index in [1.165, 1.54) is 0 Å². The van der Waals surface area contributed by atoms with E-state index in [-0.39, 0.29) is 0 Å². The summed E-state index contributed by atoms with van der Waals surface area (Å²) >= 11 is 3.20. The zero-order valence-electron chi connectivity index (χ0n) is 9.31. The van der Waals surface area contributed by atoms with Crippen molar-refractivity contribution in [1.29, 1.82) is 0 Å². The summed E-state index contributed by atoms with van der Waals surface area (Å²) in [4.78, 5) is 8.58. The molecule has 0 aromatic carbocycles. The Morgan fingerprint density at radius 1 is 1.28 bits per heavy atom. The number of thiophene rings is 1. The second kappa shape index (κ2) is 5.32. The van der Waals surface area contributed by atoms with Crippen LogP contribution in [0.2, 0.25) is 0 Å². The van der Waals surface area contributed by atoms with Gasteiger partial charge in [0.2, 0.25) is 0 Å². The first-order valence-corrected chi connectivity index (χ1v) is 7.23. The molecule has 3 rings (SSSR count). The third-order valence-electron chi connectivity index (χ3n) is 2.22. The normalized spacial score (nSPS) is 10.7. The van der Waals surface area contributed by atoms with Crippen LogP contribution in [0, 0.1) is 0 Å². The Morgan fingerprint density at radius 2 is 2.28 bits per heavy atom. The van der Waals surface area contributed by atoms with Gasteiger partial charge in [-0.05, 0) is 23.6 Å². The van der Waals surface area contributed by atoms with Crippen LogP contribution in [0.1, 0.15) is 5.82 Å². The zero-order chi connectivity index (χ0) is 12.2. The number of pyridine rings is 1. The van der Waals surface area contributed by atoms with E-state index in [0.717, 1.165) is 10.6 Å². The van der Waals surface area contributed by atoms with Gasteiger partial charge in [0.05, 0.1) is 16.3 Å². The van der Waals surface area contributed by atoms with Crippen molar-refractivity contribution in [3.05, 3.63) is 47.0 Å². The Morgan fingerprint density at radius 3 is 3.06 bits per heavy atom. The summed E-state index contributed by atoms with van der Waals surface area (Å²) in [6.07, 6.45) is 1.77. The average Bonchev–Trinajstić information content (AvgIpc) is 3.08. The molecule has 0 atom stereocenters. The molecule has 0 saturated heterocycles. The molecule has 0 aliphatic carbocycles. The van der Waals surface area contributed by atoms with Gasteiger partial charge in [0.1, 0.15) is 0 Å². The van der Waals surface area contributed by atoms with E-state index in [2.05, 4.69) is 15.1 Å². The molecule has 0 unspecified atom stereocenters. The molecule has 3 heterocycles. The Kier molecular flexibility index (Phi) is 3.38. The average molecular weight is 275 g/mol. The Balaban J connectivity index is 1.68. The third-order valence-corrected chi connectivity index (χ3v) is 3.85. The molecule has 0 aliphatic heterocycles. The van der Waals surface area contributed by atoms with E-state index < -0.39 is 0 Å². The molecule has 0 radical (unpaired) electrons. The van der Waals surface area contributed by atoms with Gasteiger partial charge in [0.15, 0.2) is 5.82 Å². The summed E-state index contributed by atoms with van der Waals surface area (Å²) in [7, 11) is 0. The van der Waals surface area contributed by atoms with Gasteiger partial charge in [-0.1, -0.05) is 23.0 Å². The van der Waals surface area contributed by atoms with Crippen LogP contribution in [0.5, 0.6) is 0 Å². The number of hydrogen-bond acceptors (Lipinski definition) is 6. The molecule has 0 amide bonds. The van der Waals surface area contributed by atoms with Crippen molar-refractivity contribution in [1.82, 2.24) is 15.1 Å². The Bertz CT molecular complexity index is 607. The van der Waals surface area contributed by atoms with Crippen LogP contribution in [0.15, 0.2) is 50.8 Å². The monoisotopic (exact) mass is 275 g/mol. The van der Waals surface area contributed by atoms with Crippen molar-refractivity contribution in [2.75, 3.05) is 0 Å². The van der Waals surface area contributed by atoms with Gasteiger partial charge < -0.3 is 4.52 Å². The summed E-state index contributed by atoms with van der Waals surface area (Å²) in [5, 5.41) is 8.89. The molecular formula is C12H9N3OS2. The molecule has 0 N–H and O–H groups in total. The highest BCUT2D eigenvalue weighted by Gasteiger charge is 2.09. The fourth-order valence-corrected chi connectivity index (χ4v) is 2.72. The molecule has 3 aromatic heterocycles. The lowest BCUT2D eigenvalue weighted by atomic mass is 10.3. The maximum atomic E-state index is 5.21. The van der Waals surface area contributed by atoms with Gasteiger partial charge in [-0.15, -0.1) is 0 Å². The minimum absolute atomic E-state index is 0.577. The zero-order valence-corrected chi connectivity index (χ0v) is 10.9. The van der Waals surface area contributed by atoms with E-state index in [9.17, 15) is 0 Å². The maximum absolute atomic E-state index is 5.21. The predicted octanol–water partition coefficient (Wildman–Crippen LogP) is 3.49. The molecule has 18 heavy (non-hydrogen) atoms. The molecule has 0 bridgehead atoms. The van der Waals surface area contributed by atoms with Gasteiger partial charge in [-0.25, -0.2) is 4.98 Å². The molecule has 90 valence electrons. The highest BCUT2D eigenvalue weighted by Crippen LogP contribution is 2.23. The standard InChI is InChI=1S/C12H9N3OS2/c1-2-5-13-11(3-1)18-8-10-14-12(16-15-10)9-4-6-17-7-9/h1-7H,8H2. The van der Waals surface area contributed by atoms with Crippen molar-refractivity contribution in [3.8, 4) is 11.5 Å². The van der Waals surface area contributed by atoms with Crippen LogP contribution in [0.25, 0.3) is 11.5 Å². The van der Waals surface area contributed by atoms with Crippen molar-refractivity contribution in [2.45, 2.75) is 10.8 Å². The van der Waals surface area contributed by atoms with E-state index in [1.54, 1.807) is 29.3 Å². The van der Waals surface area contributed by atoms with Crippen molar-refractivity contribution >= 4 is 23.1 Å². The third kappa shape index (κ3) is 2.60. The SMILES string of the molecule is c1ccc(SCc2noc(-c3ccsc3)n2)nc1. The summed E-state index contributed by atoms with van der Waals surface area (Å²) < 4.78 is 5.21. The second-order valence-corrected chi connectivity index (χ2v) is 5.26. The largest absolute Gasteiger partial charge is 0.334 e. The second-order valence-electron chi connectivity index (χ2n) is 3.48. The van der Waals surface area contributed by atoms with Gasteiger partial charge in [-0.3, -0.25) is 0 Å². The Hall–Kier alpha value is -1.66. The quantitative estimate of drug-likeness (QED) is 0.682. The number of rotatable bonds is 4. The summed E-state index contributed by atoms with van der Waals surface area (Å²) in [6, 6.07) is 7.79. The summed E-state index contributed by atoms with van der Waals surface area (Å²) in [5.74, 6) is 1.92. The summed E-state index contributed by atoms with van der Waals surface area (Å²) in [5.41, 5.74) is 0.974. The molecule has 6 heteroatoms. The number of thioether (sulfide) groups is 1. The summed E-state index contributed by atoms with van der Waals surface area (Å²) in [6.45, 7) is 0. The fourth-order valence-electron chi connectivity index (χ4n) is 1.39. The molecule has 3 aromatic rings. The van der Waals surface area contributed by atoms with E-state index in [1.807, 2.05) is 35.0 Å². The molecule has 0 saturated carbocycles. The Labute approximate surface area is 112 Å². The lowest BCUT2D eigenvalue weighted by molar-refractivity contribution is 0.425. The van der Waals surface area contributed by atoms with E-state index in [0.29, 0.717) is 17.5 Å². The van der Waals surface area contributed by atoms with Crippen LogP contribution >= 0.6 is 23.1 Å². The first-order chi connectivity index (χ1) is 8.92. The van der Waals surface area contributed by atoms with E-state index in [4.69, 9.17) is 4.52 Å². The topological polar surface area (TPSA) is 51.8 Å². The minimum atomic E-state index is 0.577. The molecule has 0 spiro atoms. The van der Waals surface area contributed by atoms with Crippen LogP contribution < -0.4 is 0 Å². The molecule has 4 nitrogen and oxygen atoms in total. The first-order valence-electron chi connectivity index (χ1n) is 5.31. The lowest BCUT2D eigenvalue weighted by Gasteiger charge is -1.94. The van der Waals surface area contributed by atoms with Gasteiger partial charge >= 0.3 is 0 Å². The van der Waals surface area contributed by atoms with Crippen LogP contribution in [-0.2, 0) is 5.75 Å². The van der Waals surface area contributed by atoms with Crippen LogP contribution in [0.4, 0.5) is 0 Å². The number of hydrogen-bond donors (Lipinski definition) is 0. The van der Waals surface area contributed by atoms with E-state index >= 15 is 0 Å². The highest BCUT2D eigenvalue weighted by molar-refractivity contribution is 7.98. The number of aromatic nitrogens is 3. The highest BCUT2D eigenvalue weighted by atomic mass is 32.2. The predicted molar refractivity (Wildman–Crippen MR) is 71.4 cm³/mol. The van der Waals surface area contributed by atoms with Crippen molar-refractivity contribution < 1.29 is 4.52 Å². The molecule has 0 aliphatic rings.